The lowest BCUT2D eigenvalue weighted by molar-refractivity contribution is 0.282. The fourth-order valence-electron chi connectivity index (χ4n) is 2.11. The number of rotatable bonds is 5. The smallest absolute Gasteiger partial charge is 0.165 e. The van der Waals surface area contributed by atoms with Gasteiger partial charge in [0.2, 0.25) is 0 Å². The standard InChI is InChI=1S/C16H14BrNO2S/c1-19-13-7-4-5-11(9-17)16(13)20-10-15-18-12-6-2-3-8-14(12)21-15/h2-8H,9-10H2,1H3. The van der Waals surface area contributed by atoms with Crippen molar-refractivity contribution in [2.75, 3.05) is 7.11 Å². The van der Waals surface area contributed by atoms with Crippen molar-refractivity contribution in [1.82, 2.24) is 4.98 Å². The number of para-hydroxylation sites is 2. The molecular weight excluding hydrogens is 350 g/mol. The molecule has 108 valence electrons. The van der Waals surface area contributed by atoms with Crippen LogP contribution in [0, 0.1) is 0 Å². The summed E-state index contributed by atoms with van der Waals surface area (Å²) < 4.78 is 12.5. The zero-order valence-corrected chi connectivity index (χ0v) is 13.9. The molecule has 3 rings (SSSR count). The van der Waals surface area contributed by atoms with E-state index in [2.05, 4.69) is 27.0 Å². The first-order valence-corrected chi connectivity index (χ1v) is 8.44. The Morgan fingerprint density at radius 2 is 2.00 bits per heavy atom. The maximum absolute atomic E-state index is 5.96. The van der Waals surface area contributed by atoms with Crippen LogP contribution in [0.5, 0.6) is 11.5 Å². The first-order valence-electron chi connectivity index (χ1n) is 6.51. The minimum Gasteiger partial charge on any atom is -0.493 e. The van der Waals surface area contributed by atoms with Crippen molar-refractivity contribution >= 4 is 37.5 Å². The van der Waals surface area contributed by atoms with Gasteiger partial charge in [0.15, 0.2) is 11.5 Å². The summed E-state index contributed by atoms with van der Waals surface area (Å²) in [6.07, 6.45) is 0. The second-order valence-electron chi connectivity index (χ2n) is 4.45. The molecule has 0 atom stereocenters. The predicted molar refractivity (Wildman–Crippen MR) is 89.6 cm³/mol. The van der Waals surface area contributed by atoms with Crippen molar-refractivity contribution in [1.29, 1.82) is 0 Å². The van der Waals surface area contributed by atoms with E-state index in [1.54, 1.807) is 18.4 Å². The first-order chi connectivity index (χ1) is 10.3. The topological polar surface area (TPSA) is 31.4 Å². The Labute approximate surface area is 135 Å². The van der Waals surface area contributed by atoms with Gasteiger partial charge in [-0.1, -0.05) is 40.2 Å². The number of hydrogen-bond acceptors (Lipinski definition) is 4. The summed E-state index contributed by atoms with van der Waals surface area (Å²) in [7, 11) is 1.65. The molecule has 21 heavy (non-hydrogen) atoms. The second kappa shape index (κ2) is 6.45. The average molecular weight is 364 g/mol. The van der Waals surface area contributed by atoms with Gasteiger partial charge in [0, 0.05) is 10.9 Å². The fourth-order valence-corrected chi connectivity index (χ4v) is 3.43. The number of benzene rings is 2. The van der Waals surface area contributed by atoms with Crippen molar-refractivity contribution in [2.45, 2.75) is 11.9 Å². The van der Waals surface area contributed by atoms with Crippen molar-refractivity contribution in [3.8, 4) is 11.5 Å². The Hall–Kier alpha value is -1.59. The molecule has 0 saturated heterocycles. The average Bonchev–Trinajstić information content (AvgIpc) is 2.95. The molecule has 0 N–H and O–H groups in total. The minimum absolute atomic E-state index is 0.444. The van der Waals surface area contributed by atoms with E-state index in [4.69, 9.17) is 9.47 Å². The van der Waals surface area contributed by atoms with Crippen molar-refractivity contribution in [2.24, 2.45) is 0 Å². The molecule has 0 amide bonds. The number of thiazole rings is 1. The molecule has 0 spiro atoms. The summed E-state index contributed by atoms with van der Waals surface area (Å²) in [5, 5.41) is 1.68. The molecule has 0 aliphatic heterocycles. The van der Waals surface area contributed by atoms with E-state index in [0.29, 0.717) is 6.61 Å². The fraction of sp³-hybridized carbons (Fsp3) is 0.188. The quantitative estimate of drug-likeness (QED) is 0.611. The molecule has 0 unspecified atom stereocenters. The highest BCUT2D eigenvalue weighted by molar-refractivity contribution is 9.08. The highest BCUT2D eigenvalue weighted by Crippen LogP contribution is 2.33. The predicted octanol–water partition coefficient (Wildman–Crippen LogP) is 4.78. The third-order valence-electron chi connectivity index (χ3n) is 3.10. The van der Waals surface area contributed by atoms with Gasteiger partial charge in [0.25, 0.3) is 0 Å². The third-order valence-corrected chi connectivity index (χ3v) is 4.72. The van der Waals surface area contributed by atoms with Crippen LogP contribution in [0.2, 0.25) is 0 Å². The number of aromatic nitrogens is 1. The minimum atomic E-state index is 0.444. The van der Waals surface area contributed by atoms with Crippen LogP contribution in [0.1, 0.15) is 10.6 Å². The second-order valence-corrected chi connectivity index (χ2v) is 6.12. The van der Waals surface area contributed by atoms with Gasteiger partial charge in [-0.15, -0.1) is 11.3 Å². The molecule has 3 aromatic rings. The first kappa shape index (κ1) is 14.4. The maximum atomic E-state index is 5.96. The van der Waals surface area contributed by atoms with E-state index in [1.807, 2.05) is 36.4 Å². The summed E-state index contributed by atoms with van der Waals surface area (Å²) in [6, 6.07) is 14.0. The summed E-state index contributed by atoms with van der Waals surface area (Å²) in [5.74, 6) is 1.52. The lowest BCUT2D eigenvalue weighted by Gasteiger charge is -2.12. The van der Waals surface area contributed by atoms with Crippen molar-refractivity contribution < 1.29 is 9.47 Å². The molecule has 2 aromatic carbocycles. The molecule has 0 aliphatic carbocycles. The molecule has 0 radical (unpaired) electrons. The number of nitrogens with zero attached hydrogens (tertiary/aromatic N) is 1. The van der Waals surface area contributed by atoms with E-state index in [1.165, 1.54) is 4.70 Å². The van der Waals surface area contributed by atoms with Crippen LogP contribution in [0.4, 0.5) is 0 Å². The maximum Gasteiger partial charge on any atom is 0.165 e. The zero-order chi connectivity index (χ0) is 14.7. The molecule has 3 nitrogen and oxygen atoms in total. The van der Waals surface area contributed by atoms with Gasteiger partial charge < -0.3 is 9.47 Å². The van der Waals surface area contributed by atoms with E-state index in [0.717, 1.165) is 32.9 Å². The summed E-state index contributed by atoms with van der Waals surface area (Å²) in [4.78, 5) is 4.58. The van der Waals surface area contributed by atoms with Crippen LogP contribution >= 0.6 is 27.3 Å². The van der Waals surface area contributed by atoms with Crippen LogP contribution < -0.4 is 9.47 Å². The highest BCUT2D eigenvalue weighted by Gasteiger charge is 2.11. The Morgan fingerprint density at radius 1 is 1.14 bits per heavy atom. The summed E-state index contributed by atoms with van der Waals surface area (Å²) >= 11 is 5.13. The highest BCUT2D eigenvalue weighted by atomic mass is 79.9. The van der Waals surface area contributed by atoms with Crippen LogP contribution in [-0.4, -0.2) is 12.1 Å². The zero-order valence-electron chi connectivity index (χ0n) is 11.5. The van der Waals surface area contributed by atoms with Gasteiger partial charge in [-0.05, 0) is 18.2 Å². The lowest BCUT2D eigenvalue weighted by atomic mass is 10.2. The number of methoxy groups -OCH3 is 1. The molecule has 5 heteroatoms. The van der Waals surface area contributed by atoms with Gasteiger partial charge in [-0.25, -0.2) is 4.98 Å². The van der Waals surface area contributed by atoms with Crippen LogP contribution in [0.3, 0.4) is 0 Å². The number of ether oxygens (including phenoxy) is 2. The molecular formula is C16H14BrNO2S. The van der Waals surface area contributed by atoms with E-state index in [-0.39, 0.29) is 0 Å². The van der Waals surface area contributed by atoms with Gasteiger partial charge >= 0.3 is 0 Å². The van der Waals surface area contributed by atoms with Gasteiger partial charge in [-0.2, -0.15) is 0 Å². The lowest BCUT2D eigenvalue weighted by Crippen LogP contribution is -2.00. The summed E-state index contributed by atoms with van der Waals surface area (Å²) in [5.41, 5.74) is 2.08. The van der Waals surface area contributed by atoms with Gasteiger partial charge in [0.1, 0.15) is 11.6 Å². The van der Waals surface area contributed by atoms with E-state index < -0.39 is 0 Å². The number of hydrogen-bond donors (Lipinski definition) is 0. The Morgan fingerprint density at radius 3 is 2.76 bits per heavy atom. The number of fused-ring (bicyclic) bond motifs is 1. The number of halogens is 1. The SMILES string of the molecule is COc1cccc(CBr)c1OCc1nc2ccccc2s1. The Kier molecular flexibility index (Phi) is 4.41. The van der Waals surface area contributed by atoms with Gasteiger partial charge in [0.05, 0.1) is 17.3 Å². The van der Waals surface area contributed by atoms with Crippen LogP contribution in [-0.2, 0) is 11.9 Å². The molecule has 0 saturated carbocycles. The van der Waals surface area contributed by atoms with Gasteiger partial charge in [-0.3, -0.25) is 0 Å². The van der Waals surface area contributed by atoms with Crippen molar-refractivity contribution in [3.05, 3.63) is 53.0 Å². The normalized spacial score (nSPS) is 10.8. The van der Waals surface area contributed by atoms with E-state index >= 15 is 0 Å². The Bertz CT molecular complexity index is 702. The van der Waals surface area contributed by atoms with Crippen LogP contribution in [0.15, 0.2) is 42.5 Å². The van der Waals surface area contributed by atoms with Crippen molar-refractivity contribution in [3.63, 3.8) is 0 Å². The molecule has 1 aromatic heterocycles. The van der Waals surface area contributed by atoms with Crippen LogP contribution in [0.25, 0.3) is 10.2 Å². The largest absolute Gasteiger partial charge is 0.493 e. The summed E-state index contributed by atoms with van der Waals surface area (Å²) in [6.45, 7) is 0.444. The molecule has 0 fully saturated rings. The Balaban J connectivity index is 1.84. The van der Waals surface area contributed by atoms with E-state index in [9.17, 15) is 0 Å². The number of alkyl halides is 1. The molecule has 0 aliphatic rings. The monoisotopic (exact) mass is 363 g/mol. The molecule has 1 heterocycles. The third kappa shape index (κ3) is 3.04. The molecule has 0 bridgehead atoms.